The van der Waals surface area contributed by atoms with Crippen molar-refractivity contribution in [2.24, 2.45) is 0 Å². The molecule has 0 fully saturated rings. The van der Waals surface area contributed by atoms with Gasteiger partial charge in [-0.3, -0.25) is 4.79 Å². The van der Waals surface area contributed by atoms with Gasteiger partial charge in [0.15, 0.2) is 0 Å². The van der Waals surface area contributed by atoms with Crippen molar-refractivity contribution in [1.29, 1.82) is 0 Å². The van der Waals surface area contributed by atoms with Crippen LogP contribution in [0.25, 0.3) is 0 Å². The van der Waals surface area contributed by atoms with E-state index >= 15 is 0 Å². The molecule has 23 heavy (non-hydrogen) atoms. The van der Waals surface area contributed by atoms with Gasteiger partial charge in [-0.15, -0.1) is 17.8 Å². The second-order valence-corrected chi connectivity index (χ2v) is 7.44. The highest BCUT2D eigenvalue weighted by molar-refractivity contribution is 7.89. The first kappa shape index (κ1) is 17.2. The molecule has 120 valence electrons. The number of hydrogen-bond acceptors (Lipinski definition) is 4. The Kier molecular flexibility index (Phi) is 5.93. The van der Waals surface area contributed by atoms with E-state index < -0.39 is 10.0 Å². The molecule has 1 heterocycles. The zero-order valence-electron chi connectivity index (χ0n) is 12.3. The van der Waals surface area contributed by atoms with Crippen LogP contribution in [0.5, 0.6) is 0 Å². The molecule has 7 heteroatoms. The smallest absolute Gasteiger partial charge is 0.252 e. The average Bonchev–Trinajstić information content (AvgIpc) is 3.06. The maximum Gasteiger partial charge on any atom is 0.252 e. The van der Waals surface area contributed by atoms with Crippen molar-refractivity contribution in [1.82, 2.24) is 10.0 Å². The quantitative estimate of drug-likeness (QED) is 0.747. The van der Waals surface area contributed by atoms with Crippen molar-refractivity contribution in [2.75, 3.05) is 13.1 Å². The van der Waals surface area contributed by atoms with Crippen LogP contribution in [0, 0.1) is 12.3 Å². The fourth-order valence-corrected chi connectivity index (χ4v) is 3.61. The zero-order chi connectivity index (χ0) is 16.7. The summed E-state index contributed by atoms with van der Waals surface area (Å²) in [6.45, 7) is 0.455. The number of carbonyl (C=O) groups is 1. The van der Waals surface area contributed by atoms with Gasteiger partial charge < -0.3 is 5.32 Å². The summed E-state index contributed by atoms with van der Waals surface area (Å²) in [6, 6.07) is 9.61. The Hall–Kier alpha value is -2.14. The summed E-state index contributed by atoms with van der Waals surface area (Å²) in [5.74, 6) is 1.97. The van der Waals surface area contributed by atoms with E-state index in [0.717, 1.165) is 4.88 Å². The highest BCUT2D eigenvalue weighted by atomic mass is 32.2. The molecule has 2 rings (SSSR count). The van der Waals surface area contributed by atoms with E-state index in [1.54, 1.807) is 11.3 Å². The summed E-state index contributed by atoms with van der Waals surface area (Å²) in [7, 11) is -3.58. The number of hydrogen-bond donors (Lipinski definition) is 2. The van der Waals surface area contributed by atoms with Crippen molar-refractivity contribution < 1.29 is 13.2 Å². The molecular weight excluding hydrogens is 332 g/mol. The molecule has 5 nitrogen and oxygen atoms in total. The molecule has 0 aliphatic carbocycles. The van der Waals surface area contributed by atoms with Crippen LogP contribution in [0.2, 0.25) is 0 Å². The van der Waals surface area contributed by atoms with Gasteiger partial charge in [-0.25, -0.2) is 13.1 Å². The second kappa shape index (κ2) is 7.92. The Morgan fingerprint density at radius 3 is 2.57 bits per heavy atom. The van der Waals surface area contributed by atoms with Crippen molar-refractivity contribution in [3.63, 3.8) is 0 Å². The molecule has 0 saturated heterocycles. The fraction of sp³-hybridized carbons (Fsp3) is 0.188. The zero-order valence-corrected chi connectivity index (χ0v) is 13.9. The van der Waals surface area contributed by atoms with Gasteiger partial charge >= 0.3 is 0 Å². The number of sulfonamides is 1. The Bertz CT molecular complexity index is 789. The summed E-state index contributed by atoms with van der Waals surface area (Å²) < 4.78 is 26.9. The first-order chi connectivity index (χ1) is 11.0. The number of rotatable bonds is 7. The number of thiophene rings is 1. The number of carbonyl (C=O) groups excluding carboxylic acids is 1. The second-order valence-electron chi connectivity index (χ2n) is 4.64. The number of benzene rings is 1. The van der Waals surface area contributed by atoms with Gasteiger partial charge in [0.2, 0.25) is 10.0 Å². The maximum atomic E-state index is 12.2. The molecule has 0 atom stereocenters. The number of nitrogens with one attached hydrogen (secondary N) is 2. The monoisotopic (exact) mass is 348 g/mol. The van der Waals surface area contributed by atoms with Crippen LogP contribution < -0.4 is 10.0 Å². The highest BCUT2D eigenvalue weighted by Gasteiger charge is 2.14. The Balaban J connectivity index is 1.97. The van der Waals surface area contributed by atoms with E-state index in [4.69, 9.17) is 6.42 Å². The highest BCUT2D eigenvalue weighted by Crippen LogP contribution is 2.12. The largest absolute Gasteiger partial charge is 0.341 e. The summed E-state index contributed by atoms with van der Waals surface area (Å²) in [6.07, 6.45) is 5.71. The van der Waals surface area contributed by atoms with Crippen molar-refractivity contribution in [3.8, 4) is 12.3 Å². The minimum absolute atomic E-state index is 0.122. The molecule has 1 amide bonds. The van der Waals surface area contributed by atoms with Gasteiger partial charge in [-0.1, -0.05) is 12.0 Å². The lowest BCUT2D eigenvalue weighted by atomic mass is 10.2. The van der Waals surface area contributed by atoms with E-state index in [9.17, 15) is 13.2 Å². The molecule has 0 radical (unpaired) electrons. The van der Waals surface area contributed by atoms with Gasteiger partial charge in [0.1, 0.15) is 0 Å². The minimum atomic E-state index is -3.58. The molecule has 2 aromatic rings. The van der Waals surface area contributed by atoms with Gasteiger partial charge in [0, 0.05) is 17.0 Å². The molecule has 0 unspecified atom stereocenters. The first-order valence-corrected chi connectivity index (χ1v) is 9.23. The van der Waals surface area contributed by atoms with Gasteiger partial charge in [0.25, 0.3) is 5.91 Å². The summed E-state index contributed by atoms with van der Waals surface area (Å²) in [5.41, 5.74) is 0.359. The Morgan fingerprint density at radius 2 is 1.96 bits per heavy atom. The van der Waals surface area contributed by atoms with E-state index in [1.807, 2.05) is 17.5 Å². The van der Waals surface area contributed by atoms with E-state index in [0.29, 0.717) is 18.5 Å². The molecule has 0 bridgehead atoms. The predicted octanol–water partition coefficient (Wildman–Crippen LogP) is 1.63. The molecule has 2 N–H and O–H groups in total. The first-order valence-electron chi connectivity index (χ1n) is 6.87. The van der Waals surface area contributed by atoms with Gasteiger partial charge in [-0.2, -0.15) is 0 Å². The third-order valence-corrected chi connectivity index (χ3v) is 5.43. The van der Waals surface area contributed by atoms with Gasteiger partial charge in [-0.05, 0) is 42.1 Å². The van der Waals surface area contributed by atoms with Crippen LogP contribution in [0.15, 0.2) is 46.7 Å². The summed E-state index contributed by atoms with van der Waals surface area (Å²) >= 11 is 1.59. The lowest BCUT2D eigenvalue weighted by Crippen LogP contribution is -2.26. The molecule has 0 spiro atoms. The van der Waals surface area contributed by atoms with E-state index in [2.05, 4.69) is 16.0 Å². The predicted molar refractivity (Wildman–Crippen MR) is 90.8 cm³/mol. The van der Waals surface area contributed by atoms with Crippen molar-refractivity contribution in [3.05, 3.63) is 52.2 Å². The molecule has 1 aromatic heterocycles. The van der Waals surface area contributed by atoms with Crippen LogP contribution in [0.4, 0.5) is 0 Å². The molecule has 0 saturated carbocycles. The fourth-order valence-electron chi connectivity index (χ4n) is 1.87. The van der Waals surface area contributed by atoms with Crippen LogP contribution in [0.3, 0.4) is 0 Å². The molecule has 1 aromatic carbocycles. The molecule has 0 aliphatic heterocycles. The van der Waals surface area contributed by atoms with Crippen LogP contribution in [-0.2, 0) is 16.4 Å². The minimum Gasteiger partial charge on any atom is -0.341 e. The van der Waals surface area contributed by atoms with Crippen LogP contribution in [0.1, 0.15) is 15.2 Å². The Labute approximate surface area is 139 Å². The van der Waals surface area contributed by atoms with E-state index in [1.165, 1.54) is 24.3 Å². The lowest BCUT2D eigenvalue weighted by Gasteiger charge is -2.07. The summed E-state index contributed by atoms with van der Waals surface area (Å²) in [5, 5.41) is 4.47. The van der Waals surface area contributed by atoms with E-state index in [-0.39, 0.29) is 17.3 Å². The topological polar surface area (TPSA) is 75.3 Å². The normalized spacial score (nSPS) is 10.9. The number of terminal acetylenes is 1. The molecular formula is C16H16N2O3S2. The Morgan fingerprint density at radius 1 is 1.22 bits per heavy atom. The summed E-state index contributed by atoms with van der Waals surface area (Å²) in [4.78, 5) is 12.9. The third kappa shape index (κ3) is 4.93. The van der Waals surface area contributed by atoms with Crippen LogP contribution >= 0.6 is 11.3 Å². The van der Waals surface area contributed by atoms with Crippen LogP contribution in [-0.4, -0.2) is 27.4 Å². The molecule has 0 aliphatic rings. The standard InChI is InChI=1S/C16H16N2O3S2/c1-2-10-17-16(19)13-5-7-15(8-6-13)23(20,21)18-11-9-14-4-3-12-22-14/h1,3-8,12,18H,9-11H2,(H,17,19). The maximum absolute atomic E-state index is 12.2. The third-order valence-electron chi connectivity index (χ3n) is 3.02. The van der Waals surface area contributed by atoms with Gasteiger partial charge in [0.05, 0.1) is 11.4 Å². The van der Waals surface area contributed by atoms with Crippen molar-refractivity contribution >= 4 is 27.3 Å². The lowest BCUT2D eigenvalue weighted by molar-refractivity contribution is 0.0958. The average molecular weight is 348 g/mol. The number of amides is 1. The van der Waals surface area contributed by atoms with Crippen molar-refractivity contribution in [2.45, 2.75) is 11.3 Å². The SMILES string of the molecule is C#CCNC(=O)c1ccc(S(=O)(=O)NCCc2cccs2)cc1.